The molecule has 0 spiro atoms. The van der Waals surface area contributed by atoms with Gasteiger partial charge >= 0.3 is 0 Å². The second-order valence-electron chi connectivity index (χ2n) is 3.61. The lowest BCUT2D eigenvalue weighted by Crippen LogP contribution is -2.26. The molecule has 0 radical (unpaired) electrons. The van der Waals surface area contributed by atoms with Crippen molar-refractivity contribution in [3.63, 3.8) is 0 Å². The molecule has 0 amide bonds. The summed E-state index contributed by atoms with van der Waals surface area (Å²) < 4.78 is 1.65. The zero-order chi connectivity index (χ0) is 11.4. The lowest BCUT2D eigenvalue weighted by Gasteiger charge is -2.16. The van der Waals surface area contributed by atoms with Crippen molar-refractivity contribution in [1.29, 1.82) is 0 Å². The van der Waals surface area contributed by atoms with Gasteiger partial charge in [-0.3, -0.25) is 4.68 Å². The number of nitrogens with zero attached hydrogens (tertiary/aromatic N) is 2. The fraction of sp³-hybridized carbons (Fsp3) is 0.700. The molecular formula is C10H19ClN2O. The van der Waals surface area contributed by atoms with Crippen LogP contribution in [0, 0.1) is 6.92 Å². The van der Waals surface area contributed by atoms with Crippen LogP contribution in [-0.4, -0.2) is 20.5 Å². The van der Waals surface area contributed by atoms with Crippen LogP contribution in [0.15, 0.2) is 6.20 Å². The average Bonchev–Trinajstić information content (AvgIpc) is 2.31. The molecule has 0 aliphatic heterocycles. The van der Waals surface area contributed by atoms with Gasteiger partial charge in [-0.25, -0.2) is 0 Å². The van der Waals surface area contributed by atoms with Crippen molar-refractivity contribution in [3.05, 3.63) is 16.9 Å². The molecule has 1 aromatic heterocycles. The lowest BCUT2D eigenvalue weighted by molar-refractivity contribution is 0.0577. The molecular weight excluding hydrogens is 200 g/mol. The predicted octanol–water partition coefficient (Wildman–Crippen LogP) is 2.64. The first-order valence-corrected chi connectivity index (χ1v) is 5.18. The van der Waals surface area contributed by atoms with Gasteiger partial charge in [0.1, 0.15) is 0 Å². The Morgan fingerprint density at radius 3 is 2.29 bits per heavy atom. The highest BCUT2D eigenvalue weighted by Crippen LogP contribution is 2.13. The molecule has 0 unspecified atom stereocenters. The van der Waals surface area contributed by atoms with Crippen LogP contribution in [-0.2, 0) is 6.54 Å². The molecule has 1 aromatic rings. The first-order chi connectivity index (χ1) is 6.38. The smallest absolute Gasteiger partial charge is 0.153 e. The van der Waals surface area contributed by atoms with Gasteiger partial charge in [-0.15, -0.1) is 0 Å². The van der Waals surface area contributed by atoms with Crippen molar-refractivity contribution in [2.24, 2.45) is 0 Å². The van der Waals surface area contributed by atoms with Gasteiger partial charge in [-0.2, -0.15) is 5.10 Å². The molecule has 4 heteroatoms. The van der Waals surface area contributed by atoms with Crippen molar-refractivity contribution in [1.82, 2.24) is 9.78 Å². The summed E-state index contributed by atoms with van der Waals surface area (Å²) in [5.41, 5.74) is 0.183. The Hall–Kier alpha value is -0.540. The first-order valence-electron chi connectivity index (χ1n) is 4.80. The molecule has 0 aromatic carbocycles. The van der Waals surface area contributed by atoms with E-state index in [0.717, 1.165) is 5.56 Å². The molecule has 1 heterocycles. The Morgan fingerprint density at radius 2 is 2.00 bits per heavy atom. The molecule has 1 N–H and O–H groups in total. The molecule has 0 aliphatic carbocycles. The van der Waals surface area contributed by atoms with Gasteiger partial charge in [0.25, 0.3) is 0 Å². The SMILES string of the molecule is CC.Cc1cn(CC(C)(C)O)nc1Cl. The van der Waals surface area contributed by atoms with Crippen LogP contribution in [0.2, 0.25) is 5.15 Å². The molecule has 0 saturated carbocycles. The minimum Gasteiger partial charge on any atom is -0.389 e. The summed E-state index contributed by atoms with van der Waals surface area (Å²) in [6.45, 7) is 9.81. The maximum atomic E-state index is 9.47. The van der Waals surface area contributed by atoms with Crippen molar-refractivity contribution < 1.29 is 5.11 Å². The highest BCUT2D eigenvalue weighted by molar-refractivity contribution is 6.30. The van der Waals surface area contributed by atoms with Crippen LogP contribution in [0.5, 0.6) is 0 Å². The minimum absolute atomic E-state index is 0.459. The van der Waals surface area contributed by atoms with Crippen LogP contribution < -0.4 is 0 Å². The summed E-state index contributed by atoms with van der Waals surface area (Å²) in [6, 6.07) is 0. The van der Waals surface area contributed by atoms with E-state index in [1.807, 2.05) is 27.0 Å². The van der Waals surface area contributed by atoms with E-state index in [2.05, 4.69) is 5.10 Å². The van der Waals surface area contributed by atoms with Gasteiger partial charge in [0, 0.05) is 11.8 Å². The number of aryl methyl sites for hydroxylation is 1. The van der Waals surface area contributed by atoms with Gasteiger partial charge in [-0.1, -0.05) is 25.4 Å². The van der Waals surface area contributed by atoms with Gasteiger partial charge < -0.3 is 5.11 Å². The lowest BCUT2D eigenvalue weighted by atomic mass is 10.1. The fourth-order valence-corrected chi connectivity index (χ4v) is 1.12. The number of aliphatic hydroxyl groups is 1. The normalized spacial score (nSPS) is 10.8. The molecule has 14 heavy (non-hydrogen) atoms. The zero-order valence-electron chi connectivity index (χ0n) is 9.50. The largest absolute Gasteiger partial charge is 0.389 e. The van der Waals surface area contributed by atoms with E-state index in [9.17, 15) is 5.11 Å². The van der Waals surface area contributed by atoms with Gasteiger partial charge in [0.15, 0.2) is 5.15 Å². The summed E-state index contributed by atoms with van der Waals surface area (Å²) in [7, 11) is 0. The molecule has 3 nitrogen and oxygen atoms in total. The monoisotopic (exact) mass is 218 g/mol. The first kappa shape index (κ1) is 13.5. The van der Waals surface area contributed by atoms with Crippen LogP contribution in [0.25, 0.3) is 0 Å². The maximum Gasteiger partial charge on any atom is 0.153 e. The third kappa shape index (κ3) is 4.63. The summed E-state index contributed by atoms with van der Waals surface area (Å²) in [5.74, 6) is 0. The number of rotatable bonds is 2. The van der Waals surface area contributed by atoms with Crippen LogP contribution >= 0.6 is 11.6 Å². The predicted molar refractivity (Wildman–Crippen MR) is 59.6 cm³/mol. The van der Waals surface area contributed by atoms with E-state index >= 15 is 0 Å². The van der Waals surface area contributed by atoms with E-state index in [4.69, 9.17) is 11.6 Å². The molecule has 0 atom stereocenters. The third-order valence-corrected chi connectivity index (χ3v) is 1.81. The highest BCUT2D eigenvalue weighted by Gasteiger charge is 2.14. The molecule has 82 valence electrons. The topological polar surface area (TPSA) is 38.0 Å². The summed E-state index contributed by atoms with van der Waals surface area (Å²) >= 11 is 5.74. The molecule has 0 fully saturated rings. The molecule has 0 bridgehead atoms. The molecule has 0 saturated heterocycles. The van der Waals surface area contributed by atoms with Gasteiger partial charge in [-0.05, 0) is 20.8 Å². The number of aromatic nitrogens is 2. The minimum atomic E-state index is -0.748. The second-order valence-corrected chi connectivity index (χ2v) is 3.97. The highest BCUT2D eigenvalue weighted by atomic mass is 35.5. The summed E-state index contributed by atoms with van der Waals surface area (Å²) in [6.07, 6.45) is 1.82. The van der Waals surface area contributed by atoms with E-state index in [1.165, 1.54) is 0 Å². The van der Waals surface area contributed by atoms with Crippen LogP contribution in [0.3, 0.4) is 0 Å². The number of hydrogen-bond acceptors (Lipinski definition) is 2. The summed E-state index contributed by atoms with van der Waals surface area (Å²) in [4.78, 5) is 0. The van der Waals surface area contributed by atoms with Crippen molar-refractivity contribution >= 4 is 11.6 Å². The van der Waals surface area contributed by atoms with E-state index in [0.29, 0.717) is 11.7 Å². The van der Waals surface area contributed by atoms with Crippen molar-refractivity contribution in [3.8, 4) is 0 Å². The van der Waals surface area contributed by atoms with Gasteiger partial charge in [0.2, 0.25) is 0 Å². The van der Waals surface area contributed by atoms with E-state index in [1.54, 1.807) is 18.5 Å². The third-order valence-electron chi connectivity index (χ3n) is 1.43. The molecule has 1 rings (SSSR count). The average molecular weight is 219 g/mol. The zero-order valence-corrected chi connectivity index (χ0v) is 10.3. The van der Waals surface area contributed by atoms with E-state index < -0.39 is 5.60 Å². The number of hydrogen-bond donors (Lipinski definition) is 1. The summed E-state index contributed by atoms with van der Waals surface area (Å²) in [5, 5.41) is 14.0. The number of halogens is 1. The Bertz CT molecular complexity index is 257. The molecule has 0 aliphatic rings. The quantitative estimate of drug-likeness (QED) is 0.829. The standard InChI is InChI=1S/C8H13ClN2O.C2H6/c1-6-4-11(10-7(6)9)5-8(2,3)12;1-2/h4,12H,5H2,1-3H3;1-2H3. The van der Waals surface area contributed by atoms with Crippen LogP contribution in [0.1, 0.15) is 33.3 Å². The van der Waals surface area contributed by atoms with Crippen molar-refractivity contribution in [2.45, 2.75) is 46.8 Å². The van der Waals surface area contributed by atoms with Crippen LogP contribution in [0.4, 0.5) is 0 Å². The maximum absolute atomic E-state index is 9.47. The fourth-order valence-electron chi connectivity index (χ4n) is 0.975. The van der Waals surface area contributed by atoms with E-state index in [-0.39, 0.29) is 0 Å². The Balaban J connectivity index is 0.000000791. The Labute approximate surface area is 90.7 Å². The second kappa shape index (κ2) is 5.37. The van der Waals surface area contributed by atoms with Crippen molar-refractivity contribution in [2.75, 3.05) is 0 Å². The van der Waals surface area contributed by atoms with Gasteiger partial charge in [0.05, 0.1) is 12.1 Å². The Kier molecular flexibility index (Phi) is 5.16. The Morgan fingerprint density at radius 1 is 1.50 bits per heavy atom.